The summed E-state index contributed by atoms with van der Waals surface area (Å²) in [6.07, 6.45) is 2.26. The van der Waals surface area contributed by atoms with Crippen molar-refractivity contribution in [2.45, 2.75) is 46.6 Å². The van der Waals surface area contributed by atoms with Gasteiger partial charge in [0, 0.05) is 19.5 Å². The molecule has 1 saturated heterocycles. The lowest BCUT2D eigenvalue weighted by atomic mass is 10.0. The summed E-state index contributed by atoms with van der Waals surface area (Å²) in [6, 6.07) is 4.57. The van der Waals surface area contributed by atoms with Crippen molar-refractivity contribution in [1.29, 1.82) is 0 Å². The number of carbonyl (C=O) groups is 1. The largest absolute Gasteiger partial charge is 0.481 e. The molecule has 3 heteroatoms. The molecule has 1 aromatic carbocycles. The topological polar surface area (TPSA) is 40.5 Å². The maximum atomic E-state index is 10.6. The first-order chi connectivity index (χ1) is 9.45. The average Bonchev–Trinajstić information content (AvgIpc) is 2.81. The molecule has 2 rings (SSSR count). The summed E-state index contributed by atoms with van der Waals surface area (Å²) in [5.41, 5.74) is 5.48. The van der Waals surface area contributed by atoms with Gasteiger partial charge in [-0.25, -0.2) is 0 Å². The molecule has 1 fully saturated rings. The molecule has 1 aliphatic rings. The van der Waals surface area contributed by atoms with Crippen molar-refractivity contribution in [1.82, 2.24) is 4.90 Å². The molecule has 0 saturated carbocycles. The molecule has 0 amide bonds. The molecule has 0 radical (unpaired) electrons. The predicted octanol–water partition coefficient (Wildman–Crippen LogP) is 3.30. The number of hydrogen-bond donors (Lipinski definition) is 1. The molecule has 20 heavy (non-hydrogen) atoms. The van der Waals surface area contributed by atoms with Crippen LogP contribution in [0.3, 0.4) is 0 Å². The van der Waals surface area contributed by atoms with E-state index in [1.54, 1.807) is 0 Å². The van der Waals surface area contributed by atoms with E-state index >= 15 is 0 Å². The SMILES string of the molecule is Cc1cc(C)c(CN2CCC(CCC(=O)O)C2)cc1C. The number of aliphatic carboxylic acids is 1. The van der Waals surface area contributed by atoms with Crippen molar-refractivity contribution < 1.29 is 9.90 Å². The van der Waals surface area contributed by atoms with Gasteiger partial charge >= 0.3 is 5.97 Å². The summed E-state index contributed by atoms with van der Waals surface area (Å²) in [5.74, 6) is -0.119. The zero-order valence-corrected chi connectivity index (χ0v) is 12.8. The minimum atomic E-state index is -0.673. The Labute approximate surface area is 121 Å². The van der Waals surface area contributed by atoms with Crippen molar-refractivity contribution in [3.8, 4) is 0 Å². The van der Waals surface area contributed by atoms with Crippen LogP contribution in [0, 0.1) is 26.7 Å². The number of carboxylic acid groups (broad SMARTS) is 1. The quantitative estimate of drug-likeness (QED) is 0.896. The van der Waals surface area contributed by atoms with Crippen molar-refractivity contribution >= 4 is 5.97 Å². The van der Waals surface area contributed by atoms with Crippen LogP contribution in [0.1, 0.15) is 41.5 Å². The second-order valence-corrected chi connectivity index (χ2v) is 6.19. The lowest BCUT2D eigenvalue weighted by molar-refractivity contribution is -0.137. The Morgan fingerprint density at radius 2 is 1.95 bits per heavy atom. The van der Waals surface area contributed by atoms with Crippen LogP contribution in [0.2, 0.25) is 0 Å². The van der Waals surface area contributed by atoms with Crippen molar-refractivity contribution in [2.24, 2.45) is 5.92 Å². The van der Waals surface area contributed by atoms with Crippen LogP contribution in [0.5, 0.6) is 0 Å². The van der Waals surface area contributed by atoms with Crippen molar-refractivity contribution in [2.75, 3.05) is 13.1 Å². The summed E-state index contributed by atoms with van der Waals surface area (Å²) in [4.78, 5) is 13.1. The maximum absolute atomic E-state index is 10.6. The van der Waals surface area contributed by atoms with Gasteiger partial charge in [-0.3, -0.25) is 9.69 Å². The standard InChI is InChI=1S/C17H25NO2/c1-12-8-14(3)16(9-13(12)2)11-18-7-6-15(10-18)4-5-17(19)20/h8-9,15H,4-7,10-11H2,1-3H3,(H,19,20). The Morgan fingerprint density at radius 3 is 2.65 bits per heavy atom. The third-order valence-electron chi connectivity index (χ3n) is 4.48. The van der Waals surface area contributed by atoms with Gasteiger partial charge in [0.15, 0.2) is 0 Å². The van der Waals surface area contributed by atoms with E-state index < -0.39 is 5.97 Å². The van der Waals surface area contributed by atoms with Gasteiger partial charge in [-0.05, 0) is 68.3 Å². The summed E-state index contributed by atoms with van der Waals surface area (Å²) in [7, 11) is 0. The summed E-state index contributed by atoms with van der Waals surface area (Å²) in [5, 5.41) is 8.75. The number of hydrogen-bond acceptors (Lipinski definition) is 2. The van der Waals surface area contributed by atoms with E-state index in [-0.39, 0.29) is 0 Å². The van der Waals surface area contributed by atoms with Gasteiger partial charge in [0.05, 0.1) is 0 Å². The van der Waals surface area contributed by atoms with Gasteiger partial charge in [-0.1, -0.05) is 12.1 Å². The van der Waals surface area contributed by atoms with Gasteiger partial charge in [0.1, 0.15) is 0 Å². The molecular formula is C17H25NO2. The summed E-state index contributed by atoms with van der Waals surface area (Å²) < 4.78 is 0. The van der Waals surface area contributed by atoms with E-state index in [4.69, 9.17) is 5.11 Å². The highest BCUT2D eigenvalue weighted by molar-refractivity contribution is 5.66. The minimum Gasteiger partial charge on any atom is -0.481 e. The fourth-order valence-corrected chi connectivity index (χ4v) is 3.05. The van der Waals surface area contributed by atoms with Gasteiger partial charge in [0.2, 0.25) is 0 Å². The molecule has 0 bridgehead atoms. The second-order valence-electron chi connectivity index (χ2n) is 6.19. The first-order valence-corrected chi connectivity index (χ1v) is 7.46. The monoisotopic (exact) mass is 275 g/mol. The second kappa shape index (κ2) is 6.40. The van der Waals surface area contributed by atoms with E-state index in [1.807, 2.05) is 0 Å². The molecule has 0 spiro atoms. The minimum absolute atomic E-state index is 0.307. The molecule has 0 aromatic heterocycles. The van der Waals surface area contributed by atoms with Crippen LogP contribution in [0.15, 0.2) is 12.1 Å². The highest BCUT2D eigenvalue weighted by Crippen LogP contribution is 2.24. The van der Waals surface area contributed by atoms with Crippen LogP contribution < -0.4 is 0 Å². The lowest BCUT2D eigenvalue weighted by Gasteiger charge is -2.18. The number of benzene rings is 1. The van der Waals surface area contributed by atoms with Crippen LogP contribution in [-0.2, 0) is 11.3 Å². The first-order valence-electron chi connectivity index (χ1n) is 7.46. The molecule has 1 atom stereocenters. The number of nitrogens with zero attached hydrogens (tertiary/aromatic N) is 1. The molecule has 1 heterocycles. The lowest BCUT2D eigenvalue weighted by Crippen LogP contribution is -2.21. The summed E-state index contributed by atoms with van der Waals surface area (Å²) in [6.45, 7) is 9.63. The molecule has 0 aliphatic carbocycles. The van der Waals surface area contributed by atoms with Gasteiger partial charge in [-0.15, -0.1) is 0 Å². The first kappa shape index (κ1) is 15.0. The van der Waals surface area contributed by atoms with Gasteiger partial charge in [-0.2, -0.15) is 0 Å². The molecule has 1 aromatic rings. The zero-order valence-electron chi connectivity index (χ0n) is 12.8. The molecule has 1 unspecified atom stereocenters. The number of rotatable bonds is 5. The Kier molecular flexibility index (Phi) is 4.81. The van der Waals surface area contributed by atoms with Crippen LogP contribution in [-0.4, -0.2) is 29.1 Å². The van der Waals surface area contributed by atoms with Crippen molar-refractivity contribution in [3.63, 3.8) is 0 Å². The number of carboxylic acids is 1. The maximum Gasteiger partial charge on any atom is 0.303 e. The average molecular weight is 275 g/mol. The van der Waals surface area contributed by atoms with Crippen LogP contribution in [0.4, 0.5) is 0 Å². The Balaban J connectivity index is 1.92. The van der Waals surface area contributed by atoms with E-state index in [1.165, 1.54) is 22.3 Å². The molecule has 1 aliphatic heterocycles. The fraction of sp³-hybridized carbons (Fsp3) is 0.588. The highest BCUT2D eigenvalue weighted by Gasteiger charge is 2.23. The number of likely N-dealkylation sites (tertiary alicyclic amines) is 1. The molecule has 110 valence electrons. The zero-order chi connectivity index (χ0) is 14.7. The van der Waals surface area contributed by atoms with Crippen molar-refractivity contribution in [3.05, 3.63) is 34.4 Å². The Hall–Kier alpha value is -1.35. The van der Waals surface area contributed by atoms with E-state index in [0.29, 0.717) is 12.3 Å². The van der Waals surface area contributed by atoms with Gasteiger partial charge < -0.3 is 5.11 Å². The molecule has 1 N–H and O–H groups in total. The molecule has 3 nitrogen and oxygen atoms in total. The van der Waals surface area contributed by atoms with Crippen LogP contribution >= 0.6 is 0 Å². The smallest absolute Gasteiger partial charge is 0.303 e. The van der Waals surface area contributed by atoms with Gasteiger partial charge in [0.25, 0.3) is 0 Å². The molecular weight excluding hydrogens is 250 g/mol. The van der Waals surface area contributed by atoms with Crippen LogP contribution in [0.25, 0.3) is 0 Å². The normalized spacial score (nSPS) is 19.4. The van der Waals surface area contributed by atoms with E-state index in [0.717, 1.165) is 32.5 Å². The number of aryl methyl sites for hydroxylation is 3. The van der Waals surface area contributed by atoms with E-state index in [9.17, 15) is 4.79 Å². The summed E-state index contributed by atoms with van der Waals surface area (Å²) >= 11 is 0. The third-order valence-corrected chi connectivity index (χ3v) is 4.48. The Morgan fingerprint density at radius 1 is 1.25 bits per heavy atom. The fourth-order valence-electron chi connectivity index (χ4n) is 3.05. The van der Waals surface area contributed by atoms with E-state index in [2.05, 4.69) is 37.8 Å². The Bertz CT molecular complexity index is 496. The third kappa shape index (κ3) is 3.83. The predicted molar refractivity (Wildman–Crippen MR) is 80.9 cm³/mol. The highest BCUT2D eigenvalue weighted by atomic mass is 16.4.